The number of alkyl halides is 3. The number of aryl methyl sites for hydroxylation is 1. The molecule has 19 heavy (non-hydrogen) atoms. The fourth-order valence-electron chi connectivity index (χ4n) is 1.69. The van der Waals surface area contributed by atoms with Crippen LogP contribution >= 0.6 is 15.9 Å². The predicted octanol–water partition coefficient (Wildman–Crippen LogP) is 3.70. The Hall–Kier alpha value is -1.37. The second kappa shape index (κ2) is 5.32. The summed E-state index contributed by atoms with van der Waals surface area (Å²) in [5.74, 6) is 0.369. The van der Waals surface area contributed by atoms with Crippen molar-refractivity contribution < 1.29 is 13.2 Å². The van der Waals surface area contributed by atoms with Crippen LogP contribution in [0.2, 0.25) is 0 Å². The lowest BCUT2D eigenvalue weighted by Gasteiger charge is -2.09. The molecule has 2 heterocycles. The molecule has 0 aromatic carbocycles. The molecule has 3 nitrogen and oxygen atoms in total. The first kappa shape index (κ1) is 14.0. The van der Waals surface area contributed by atoms with Gasteiger partial charge in [0, 0.05) is 0 Å². The Kier molecular flexibility index (Phi) is 3.93. The van der Waals surface area contributed by atoms with Crippen molar-refractivity contribution in [2.75, 3.05) is 0 Å². The van der Waals surface area contributed by atoms with Crippen LogP contribution in [0.25, 0.3) is 5.82 Å². The molecule has 2 rings (SSSR count). The molecule has 2 aromatic rings. The maximum absolute atomic E-state index is 12.6. The zero-order valence-corrected chi connectivity index (χ0v) is 11.7. The molecule has 0 N–H and O–H groups in total. The molecule has 0 atom stereocenters. The summed E-state index contributed by atoms with van der Waals surface area (Å²) in [5, 5.41) is 4.16. The van der Waals surface area contributed by atoms with Crippen LogP contribution < -0.4 is 0 Å². The SMILES string of the molecule is CCc1cc(CC(F)(F)F)n(-c2cccc(Br)n2)n1. The first-order valence-corrected chi connectivity index (χ1v) is 6.46. The van der Waals surface area contributed by atoms with Gasteiger partial charge in [-0.05, 0) is 40.5 Å². The molecule has 0 aliphatic carbocycles. The Morgan fingerprint density at radius 1 is 1.32 bits per heavy atom. The van der Waals surface area contributed by atoms with Gasteiger partial charge in [0.1, 0.15) is 4.60 Å². The molecular formula is C12H11BrF3N3. The van der Waals surface area contributed by atoms with Crippen molar-refractivity contribution in [3.63, 3.8) is 0 Å². The van der Waals surface area contributed by atoms with E-state index in [0.717, 1.165) is 0 Å². The minimum atomic E-state index is -4.27. The van der Waals surface area contributed by atoms with Crippen LogP contribution in [0.3, 0.4) is 0 Å². The van der Waals surface area contributed by atoms with Crippen LogP contribution in [0.1, 0.15) is 18.3 Å². The van der Waals surface area contributed by atoms with Crippen molar-refractivity contribution >= 4 is 15.9 Å². The van der Waals surface area contributed by atoms with Gasteiger partial charge in [-0.25, -0.2) is 9.67 Å². The van der Waals surface area contributed by atoms with Crippen LogP contribution in [-0.2, 0) is 12.8 Å². The molecule has 0 fully saturated rings. The molecule has 0 spiro atoms. The summed E-state index contributed by atoms with van der Waals surface area (Å²) in [6.07, 6.45) is -4.71. The summed E-state index contributed by atoms with van der Waals surface area (Å²) < 4.78 is 39.5. The summed E-state index contributed by atoms with van der Waals surface area (Å²) in [6, 6.07) is 6.50. The van der Waals surface area contributed by atoms with Crippen molar-refractivity contribution in [1.29, 1.82) is 0 Å². The van der Waals surface area contributed by atoms with E-state index in [0.29, 0.717) is 22.5 Å². The summed E-state index contributed by atoms with van der Waals surface area (Å²) >= 11 is 3.19. The van der Waals surface area contributed by atoms with E-state index in [-0.39, 0.29) is 5.69 Å². The monoisotopic (exact) mass is 333 g/mol. The fourth-order valence-corrected chi connectivity index (χ4v) is 2.03. The van der Waals surface area contributed by atoms with Crippen LogP contribution in [0.4, 0.5) is 13.2 Å². The van der Waals surface area contributed by atoms with E-state index < -0.39 is 12.6 Å². The van der Waals surface area contributed by atoms with E-state index in [2.05, 4.69) is 26.0 Å². The molecule has 0 radical (unpaired) electrons. The van der Waals surface area contributed by atoms with Gasteiger partial charge in [0.15, 0.2) is 5.82 Å². The fraction of sp³-hybridized carbons (Fsp3) is 0.333. The van der Waals surface area contributed by atoms with Crippen molar-refractivity contribution in [1.82, 2.24) is 14.8 Å². The number of rotatable bonds is 3. The highest BCUT2D eigenvalue weighted by atomic mass is 79.9. The molecule has 0 saturated carbocycles. The predicted molar refractivity (Wildman–Crippen MR) is 68.2 cm³/mol. The second-order valence-corrected chi connectivity index (χ2v) is 4.82. The van der Waals surface area contributed by atoms with Crippen LogP contribution in [0.15, 0.2) is 28.9 Å². The maximum atomic E-state index is 12.6. The molecule has 0 bridgehead atoms. The quantitative estimate of drug-likeness (QED) is 0.802. The zero-order chi connectivity index (χ0) is 14.0. The Labute approximate surface area is 116 Å². The largest absolute Gasteiger partial charge is 0.394 e. The van der Waals surface area contributed by atoms with Gasteiger partial charge in [0.2, 0.25) is 0 Å². The Balaban J connectivity index is 2.46. The number of nitrogens with zero attached hydrogens (tertiary/aromatic N) is 3. The van der Waals surface area contributed by atoms with Crippen molar-refractivity contribution in [3.8, 4) is 5.82 Å². The zero-order valence-electron chi connectivity index (χ0n) is 10.1. The Bertz CT molecular complexity index is 578. The standard InChI is InChI=1S/C12H11BrF3N3/c1-2-8-6-9(7-12(14,15)16)19(18-8)11-5-3-4-10(13)17-11/h3-6H,2,7H2,1H3. The minimum Gasteiger partial charge on any atom is -0.222 e. The average molecular weight is 334 g/mol. The highest BCUT2D eigenvalue weighted by Gasteiger charge is 2.30. The van der Waals surface area contributed by atoms with Gasteiger partial charge in [-0.1, -0.05) is 13.0 Å². The lowest BCUT2D eigenvalue weighted by Crippen LogP contribution is -2.15. The second-order valence-electron chi connectivity index (χ2n) is 4.00. The number of hydrogen-bond donors (Lipinski definition) is 0. The Morgan fingerprint density at radius 3 is 2.63 bits per heavy atom. The van der Waals surface area contributed by atoms with E-state index >= 15 is 0 Å². The summed E-state index contributed by atoms with van der Waals surface area (Å²) in [5.41, 5.74) is 0.705. The molecule has 7 heteroatoms. The first-order valence-electron chi connectivity index (χ1n) is 5.66. The van der Waals surface area contributed by atoms with Gasteiger partial charge >= 0.3 is 6.18 Å². The molecule has 102 valence electrons. The van der Waals surface area contributed by atoms with Gasteiger partial charge in [-0.3, -0.25) is 0 Å². The van der Waals surface area contributed by atoms with E-state index in [1.165, 1.54) is 10.7 Å². The van der Waals surface area contributed by atoms with Crippen LogP contribution in [0, 0.1) is 0 Å². The summed E-state index contributed by atoms with van der Waals surface area (Å²) in [7, 11) is 0. The van der Waals surface area contributed by atoms with Gasteiger partial charge in [-0.15, -0.1) is 0 Å². The van der Waals surface area contributed by atoms with Gasteiger partial charge in [0.25, 0.3) is 0 Å². The highest BCUT2D eigenvalue weighted by Crippen LogP contribution is 2.23. The Morgan fingerprint density at radius 2 is 2.05 bits per heavy atom. The summed E-state index contributed by atoms with van der Waals surface area (Å²) in [6.45, 7) is 1.85. The summed E-state index contributed by atoms with van der Waals surface area (Å²) in [4.78, 5) is 4.13. The molecule has 0 amide bonds. The number of halogens is 4. The lowest BCUT2D eigenvalue weighted by molar-refractivity contribution is -0.128. The van der Waals surface area contributed by atoms with Crippen molar-refractivity contribution in [3.05, 3.63) is 40.3 Å². The first-order chi connectivity index (χ1) is 8.89. The molecule has 0 aliphatic rings. The van der Waals surface area contributed by atoms with E-state index in [9.17, 15) is 13.2 Å². The number of pyridine rings is 1. The third-order valence-electron chi connectivity index (χ3n) is 2.49. The topological polar surface area (TPSA) is 30.7 Å². The van der Waals surface area contributed by atoms with E-state index in [1.54, 1.807) is 18.2 Å². The van der Waals surface area contributed by atoms with Gasteiger partial charge in [-0.2, -0.15) is 18.3 Å². The normalized spacial score (nSPS) is 11.8. The van der Waals surface area contributed by atoms with E-state index in [1.807, 2.05) is 6.92 Å². The number of aromatic nitrogens is 3. The molecule has 0 saturated heterocycles. The molecular weight excluding hydrogens is 323 g/mol. The van der Waals surface area contributed by atoms with Crippen molar-refractivity contribution in [2.24, 2.45) is 0 Å². The number of hydrogen-bond acceptors (Lipinski definition) is 2. The third kappa shape index (κ3) is 3.56. The highest BCUT2D eigenvalue weighted by molar-refractivity contribution is 9.10. The minimum absolute atomic E-state index is 0.0925. The third-order valence-corrected chi connectivity index (χ3v) is 2.94. The average Bonchev–Trinajstić information content (AvgIpc) is 2.70. The molecule has 0 unspecified atom stereocenters. The lowest BCUT2D eigenvalue weighted by atomic mass is 10.2. The maximum Gasteiger partial charge on any atom is 0.394 e. The van der Waals surface area contributed by atoms with E-state index in [4.69, 9.17) is 0 Å². The van der Waals surface area contributed by atoms with Crippen molar-refractivity contribution in [2.45, 2.75) is 25.9 Å². The molecule has 2 aromatic heterocycles. The van der Waals surface area contributed by atoms with Gasteiger partial charge < -0.3 is 0 Å². The smallest absolute Gasteiger partial charge is 0.222 e. The van der Waals surface area contributed by atoms with Crippen LogP contribution in [0.5, 0.6) is 0 Å². The van der Waals surface area contributed by atoms with Crippen LogP contribution in [-0.4, -0.2) is 20.9 Å². The molecule has 0 aliphatic heterocycles. The van der Waals surface area contributed by atoms with Gasteiger partial charge in [0.05, 0.1) is 17.8 Å².